The number of pyridine rings is 1. The van der Waals surface area contributed by atoms with Crippen LogP contribution in [0.1, 0.15) is 89.6 Å². The third-order valence-electron chi connectivity index (χ3n) is 10.3. The van der Waals surface area contributed by atoms with E-state index in [-0.39, 0.29) is 31.9 Å². The molecule has 4 heterocycles. The summed E-state index contributed by atoms with van der Waals surface area (Å²) in [5.74, 6) is -1.42. The van der Waals surface area contributed by atoms with Crippen LogP contribution in [0.25, 0.3) is 22.2 Å². The monoisotopic (exact) mass is 788 g/mol. The van der Waals surface area contributed by atoms with E-state index in [0.717, 1.165) is 5.56 Å². The largest absolute Gasteiger partial charge is 0.481 e. The van der Waals surface area contributed by atoms with Crippen LogP contribution in [0.2, 0.25) is 0 Å². The predicted molar refractivity (Wildman–Crippen MR) is 204 cm³/mol. The van der Waals surface area contributed by atoms with Gasteiger partial charge in [0.05, 0.1) is 23.9 Å². The van der Waals surface area contributed by atoms with Gasteiger partial charge in [-0.25, -0.2) is 10.2 Å². The number of alkyl carbamates (subject to hydrolysis) is 1. The Balaban J connectivity index is 1.47. The minimum absolute atomic E-state index is 0.0275. The number of rotatable bonds is 14. The predicted octanol–water partition coefficient (Wildman–Crippen LogP) is 5.80. The van der Waals surface area contributed by atoms with E-state index in [1.54, 1.807) is 52.1 Å². The number of ether oxygens (including phenoxy) is 2. The molecule has 2 aromatic heterocycles. The van der Waals surface area contributed by atoms with Crippen molar-refractivity contribution < 1.29 is 47.2 Å². The summed E-state index contributed by atoms with van der Waals surface area (Å²) in [5, 5.41) is 24.4. The average Bonchev–Trinajstić information content (AvgIpc) is 3.36. The number of hydrazine groups is 1. The van der Waals surface area contributed by atoms with Gasteiger partial charge in [0.1, 0.15) is 18.2 Å². The molecule has 3 atom stereocenters. The lowest BCUT2D eigenvalue weighted by atomic mass is 9.83. The molecule has 2 amide bonds. The van der Waals surface area contributed by atoms with E-state index < -0.39 is 59.9 Å². The number of hydrogen-bond donors (Lipinski definition) is 4. The van der Waals surface area contributed by atoms with Crippen molar-refractivity contribution in [1.82, 2.24) is 30.2 Å². The molecule has 2 aliphatic rings. The maximum Gasteiger partial charge on any atom is 0.408 e. The number of carboxylic acid groups (broad SMARTS) is 1. The van der Waals surface area contributed by atoms with Crippen LogP contribution >= 0.6 is 0 Å². The fraction of sp³-hybridized carbons (Fsp3) is 0.600. The molecule has 3 aromatic rings. The molecule has 2 saturated heterocycles. The van der Waals surface area contributed by atoms with Gasteiger partial charge in [-0.05, 0) is 87.8 Å². The average molecular weight is 789 g/mol. The highest BCUT2D eigenvalue weighted by Gasteiger charge is 2.38. The van der Waals surface area contributed by atoms with Gasteiger partial charge in [-0.1, -0.05) is 19.9 Å². The second kappa shape index (κ2) is 17.1. The summed E-state index contributed by atoms with van der Waals surface area (Å²) in [4.78, 5) is 44.6. The number of halogens is 3. The summed E-state index contributed by atoms with van der Waals surface area (Å²) < 4.78 is 55.3. The SMILES string of the molecule is CO[C@@H](C)c1ncccc1-c1c(CC(C)(C)CO)c2cc(C3CN(C[C@H](NC(=O)OC(C)(C)C)C(=O)N4CCC[C@@H](CC(=O)O)N4)C3)ccc2n1CC(F)(F)F. The van der Waals surface area contributed by atoms with Crippen molar-refractivity contribution in [2.45, 2.75) is 110 Å². The summed E-state index contributed by atoms with van der Waals surface area (Å²) in [6, 6.07) is 7.52. The number of nitrogens with one attached hydrogen (secondary N) is 2. The second-order valence-corrected chi connectivity index (χ2v) is 16.8. The summed E-state index contributed by atoms with van der Waals surface area (Å²) >= 11 is 0. The van der Waals surface area contributed by atoms with Gasteiger partial charge in [0.25, 0.3) is 5.91 Å². The maximum absolute atomic E-state index is 14.3. The Hall–Kier alpha value is -4.25. The standard InChI is InChI=1S/C40H55F3N6O7/c1-24(55-7)34-28(11-8-14-44-34)35-30(18-39(5,6)23-50)29-16-25(12-13-32(29)48(35)22-40(41,42)43)26-19-47(20-26)21-31(45-37(54)56-38(2,3)4)36(53)49-15-9-10-27(46-49)17-33(51)52/h8,11-14,16,24,26-27,31,46,50H,9-10,15,17-23H2,1-7H3,(H,45,54)(H,51,52)/t24-,27-,31-/m0/s1. The molecular weight excluding hydrogens is 733 g/mol. The van der Waals surface area contributed by atoms with Crippen LogP contribution in [0.15, 0.2) is 36.5 Å². The Morgan fingerprint density at radius 1 is 1.11 bits per heavy atom. The number of aliphatic hydroxyl groups is 1. The third-order valence-corrected chi connectivity index (χ3v) is 10.3. The smallest absolute Gasteiger partial charge is 0.408 e. The first-order valence-electron chi connectivity index (χ1n) is 19.0. The summed E-state index contributed by atoms with van der Waals surface area (Å²) in [6.45, 7) is 10.8. The van der Waals surface area contributed by atoms with E-state index in [2.05, 4.69) is 15.7 Å². The van der Waals surface area contributed by atoms with Crippen LogP contribution in [0.3, 0.4) is 0 Å². The summed E-state index contributed by atoms with van der Waals surface area (Å²) in [6.07, 6.45) is -2.88. The number of hydrogen-bond acceptors (Lipinski definition) is 9. The van der Waals surface area contributed by atoms with E-state index in [4.69, 9.17) is 9.47 Å². The van der Waals surface area contributed by atoms with Gasteiger partial charge in [-0.3, -0.25) is 24.5 Å². The first-order valence-corrected chi connectivity index (χ1v) is 19.0. The van der Waals surface area contributed by atoms with Gasteiger partial charge in [0.2, 0.25) is 0 Å². The van der Waals surface area contributed by atoms with Gasteiger partial charge < -0.3 is 29.6 Å². The Morgan fingerprint density at radius 2 is 1.82 bits per heavy atom. The number of methoxy groups -OCH3 is 1. The number of aliphatic hydroxyl groups excluding tert-OH is 1. The highest BCUT2D eigenvalue weighted by atomic mass is 19.4. The van der Waals surface area contributed by atoms with Crippen molar-refractivity contribution in [2.24, 2.45) is 5.41 Å². The highest BCUT2D eigenvalue weighted by molar-refractivity contribution is 5.93. The number of benzene rings is 1. The minimum atomic E-state index is -4.53. The van der Waals surface area contributed by atoms with E-state index in [1.165, 1.54) is 16.7 Å². The molecule has 2 fully saturated rings. The van der Waals surface area contributed by atoms with Crippen molar-refractivity contribution in [3.05, 3.63) is 53.3 Å². The van der Waals surface area contributed by atoms with Crippen LogP contribution in [0, 0.1) is 5.41 Å². The van der Waals surface area contributed by atoms with E-state index in [0.29, 0.717) is 65.9 Å². The first kappa shape index (κ1) is 42.9. The maximum atomic E-state index is 14.3. The van der Waals surface area contributed by atoms with Crippen LogP contribution in [0.5, 0.6) is 0 Å². The van der Waals surface area contributed by atoms with Crippen molar-refractivity contribution in [3.8, 4) is 11.3 Å². The van der Waals surface area contributed by atoms with Crippen LogP contribution < -0.4 is 10.7 Å². The zero-order valence-electron chi connectivity index (χ0n) is 33.2. The van der Waals surface area contributed by atoms with E-state index >= 15 is 0 Å². The van der Waals surface area contributed by atoms with Gasteiger partial charge >= 0.3 is 18.2 Å². The molecule has 0 radical (unpaired) electrons. The van der Waals surface area contributed by atoms with Gasteiger partial charge in [0, 0.05) is 74.5 Å². The lowest BCUT2D eigenvalue weighted by Crippen LogP contribution is -2.62. The second-order valence-electron chi connectivity index (χ2n) is 16.8. The Morgan fingerprint density at radius 3 is 2.45 bits per heavy atom. The Labute approximate surface area is 325 Å². The molecular formula is C40H55F3N6O7. The quantitative estimate of drug-likeness (QED) is 0.158. The molecule has 1 aromatic carbocycles. The van der Waals surface area contributed by atoms with Crippen LogP contribution in [-0.4, -0.2) is 111 Å². The molecule has 308 valence electrons. The molecule has 2 aliphatic heterocycles. The summed E-state index contributed by atoms with van der Waals surface area (Å²) in [5.41, 5.74) is 4.92. The Bertz CT molecular complexity index is 1890. The van der Waals surface area contributed by atoms with E-state index in [1.807, 2.05) is 30.9 Å². The number of alkyl halides is 3. The number of carbonyl (C=O) groups is 3. The Kier molecular flexibility index (Phi) is 13.1. The molecule has 0 saturated carbocycles. The number of carboxylic acids is 1. The number of amides is 2. The number of likely N-dealkylation sites (tertiary alicyclic amines) is 1. The van der Waals surface area contributed by atoms with Gasteiger partial charge in [0.15, 0.2) is 0 Å². The van der Waals surface area contributed by atoms with Gasteiger partial charge in [-0.15, -0.1) is 0 Å². The zero-order chi connectivity index (χ0) is 41.2. The third kappa shape index (κ3) is 10.6. The molecule has 4 N–H and O–H groups in total. The normalized spacial score (nSPS) is 18.4. The summed E-state index contributed by atoms with van der Waals surface area (Å²) in [7, 11) is 1.52. The lowest BCUT2D eigenvalue weighted by Gasteiger charge is -2.42. The topological polar surface area (TPSA) is 158 Å². The van der Waals surface area contributed by atoms with Gasteiger partial charge in [-0.2, -0.15) is 13.2 Å². The molecule has 13 nitrogen and oxygen atoms in total. The number of aliphatic carboxylic acids is 1. The number of aromatic nitrogens is 2. The fourth-order valence-corrected chi connectivity index (χ4v) is 7.50. The van der Waals surface area contributed by atoms with E-state index in [9.17, 15) is 37.8 Å². The fourth-order valence-electron chi connectivity index (χ4n) is 7.50. The van der Waals surface area contributed by atoms with Crippen molar-refractivity contribution in [3.63, 3.8) is 0 Å². The zero-order valence-corrected chi connectivity index (χ0v) is 33.2. The molecule has 0 aliphatic carbocycles. The number of fused-ring (bicyclic) bond motifs is 1. The van der Waals surface area contributed by atoms with Crippen molar-refractivity contribution >= 4 is 28.9 Å². The molecule has 16 heteroatoms. The molecule has 56 heavy (non-hydrogen) atoms. The van der Waals surface area contributed by atoms with Crippen molar-refractivity contribution in [1.29, 1.82) is 0 Å². The molecule has 0 spiro atoms. The van der Waals surface area contributed by atoms with Crippen molar-refractivity contribution in [2.75, 3.05) is 39.9 Å². The van der Waals surface area contributed by atoms with Crippen LogP contribution in [-0.2, 0) is 32.0 Å². The minimum Gasteiger partial charge on any atom is -0.481 e. The van der Waals surface area contributed by atoms with Crippen LogP contribution in [0.4, 0.5) is 18.0 Å². The molecule has 5 rings (SSSR count). The first-order chi connectivity index (χ1) is 26.2. The number of carbonyl (C=O) groups excluding carboxylic acids is 2. The molecule has 0 bridgehead atoms. The lowest BCUT2D eigenvalue weighted by molar-refractivity contribution is -0.143. The number of nitrogens with zero attached hydrogens (tertiary/aromatic N) is 4. The highest BCUT2D eigenvalue weighted by Crippen LogP contribution is 2.43. The molecule has 0 unspecified atom stereocenters.